The summed E-state index contributed by atoms with van der Waals surface area (Å²) in [5.74, 6) is -0.0254. The molecule has 0 aliphatic carbocycles. The lowest BCUT2D eigenvalue weighted by molar-refractivity contribution is -0.153. The minimum atomic E-state index is -0.617. The zero-order chi connectivity index (χ0) is 21.9. The van der Waals surface area contributed by atoms with Crippen molar-refractivity contribution in [1.82, 2.24) is 0 Å². The van der Waals surface area contributed by atoms with E-state index in [1.54, 1.807) is 13.0 Å². The van der Waals surface area contributed by atoms with Gasteiger partial charge in [0.25, 0.3) is 0 Å². The van der Waals surface area contributed by atoms with Crippen molar-refractivity contribution in [2.24, 2.45) is 5.92 Å². The lowest BCUT2D eigenvalue weighted by atomic mass is 10.0. The van der Waals surface area contributed by atoms with E-state index in [9.17, 15) is 9.18 Å². The van der Waals surface area contributed by atoms with Crippen molar-refractivity contribution in [3.63, 3.8) is 0 Å². The number of carbonyl (C=O) groups is 1. The van der Waals surface area contributed by atoms with Crippen LogP contribution < -0.4 is 4.74 Å². The van der Waals surface area contributed by atoms with Gasteiger partial charge in [-0.3, -0.25) is 4.79 Å². The topological polar surface area (TPSA) is 35.5 Å². The highest BCUT2D eigenvalue weighted by molar-refractivity contribution is 5.72. The Hall–Kier alpha value is -2.36. The van der Waals surface area contributed by atoms with E-state index in [1.165, 1.54) is 31.7 Å². The lowest BCUT2D eigenvalue weighted by Crippen LogP contribution is -2.16. The number of carbonyl (C=O) groups excluding carboxylic acids is 1. The molecule has 2 rings (SSSR count). The van der Waals surface area contributed by atoms with Gasteiger partial charge >= 0.3 is 5.97 Å². The first-order chi connectivity index (χ1) is 14.5. The summed E-state index contributed by atoms with van der Waals surface area (Å²) in [7, 11) is 0. The number of unbranched alkanes of at least 4 members (excludes halogenated alkanes) is 4. The summed E-state index contributed by atoms with van der Waals surface area (Å²) in [4.78, 5) is 12.0. The van der Waals surface area contributed by atoms with Crippen LogP contribution in [0, 0.1) is 11.7 Å². The van der Waals surface area contributed by atoms with Gasteiger partial charge in [-0.15, -0.1) is 0 Å². The van der Waals surface area contributed by atoms with Crippen molar-refractivity contribution in [1.29, 1.82) is 0 Å². The number of rotatable bonds is 12. The molecule has 2 aromatic rings. The van der Waals surface area contributed by atoms with Gasteiger partial charge < -0.3 is 9.47 Å². The van der Waals surface area contributed by atoms with E-state index in [0.717, 1.165) is 29.9 Å². The van der Waals surface area contributed by atoms with Crippen LogP contribution in [0.5, 0.6) is 5.75 Å². The first kappa shape index (κ1) is 23.9. The molecule has 2 aromatic carbocycles. The van der Waals surface area contributed by atoms with Gasteiger partial charge in [0.1, 0.15) is 17.7 Å². The van der Waals surface area contributed by atoms with Crippen molar-refractivity contribution in [3.05, 3.63) is 53.8 Å². The van der Waals surface area contributed by atoms with Gasteiger partial charge in [0, 0.05) is 5.56 Å². The summed E-state index contributed by atoms with van der Waals surface area (Å²) in [6, 6.07) is 12.8. The van der Waals surface area contributed by atoms with Crippen molar-refractivity contribution in [2.45, 2.75) is 72.3 Å². The van der Waals surface area contributed by atoms with Gasteiger partial charge in [-0.2, -0.15) is 0 Å². The molecular weight excluding hydrogens is 379 g/mol. The fourth-order valence-electron chi connectivity index (χ4n) is 3.20. The molecule has 0 saturated heterocycles. The third-order valence-electron chi connectivity index (χ3n) is 5.45. The molecule has 0 amide bonds. The summed E-state index contributed by atoms with van der Waals surface area (Å²) in [5.41, 5.74) is 2.08. The molecule has 164 valence electrons. The monoisotopic (exact) mass is 414 g/mol. The highest BCUT2D eigenvalue weighted by Gasteiger charge is 2.19. The van der Waals surface area contributed by atoms with Crippen LogP contribution in [0.4, 0.5) is 4.39 Å². The Labute approximate surface area is 180 Å². The summed E-state index contributed by atoms with van der Waals surface area (Å²) in [5, 5.41) is 0. The van der Waals surface area contributed by atoms with E-state index in [1.807, 2.05) is 44.2 Å². The van der Waals surface area contributed by atoms with Crippen molar-refractivity contribution in [3.8, 4) is 16.9 Å². The van der Waals surface area contributed by atoms with Crippen molar-refractivity contribution < 1.29 is 18.7 Å². The second-order valence-electron chi connectivity index (χ2n) is 7.91. The first-order valence-corrected chi connectivity index (χ1v) is 11.2. The number of benzene rings is 2. The van der Waals surface area contributed by atoms with Crippen LogP contribution in [0.15, 0.2) is 42.5 Å². The van der Waals surface area contributed by atoms with Crippen molar-refractivity contribution in [2.75, 3.05) is 6.61 Å². The average Bonchev–Trinajstić information content (AvgIpc) is 2.75. The fourth-order valence-corrected chi connectivity index (χ4v) is 3.20. The summed E-state index contributed by atoms with van der Waals surface area (Å²) in [6.07, 6.45) is 6.13. The zero-order valence-electron chi connectivity index (χ0n) is 18.7. The molecule has 0 aliphatic rings. The van der Waals surface area contributed by atoms with E-state index in [4.69, 9.17) is 9.47 Å². The fraction of sp³-hybridized carbons (Fsp3) is 0.500. The minimum Gasteiger partial charge on any atom is -0.494 e. The molecule has 2 unspecified atom stereocenters. The molecule has 0 aliphatic heterocycles. The van der Waals surface area contributed by atoms with E-state index >= 15 is 0 Å². The lowest BCUT2D eigenvalue weighted by Gasteiger charge is -2.17. The highest BCUT2D eigenvalue weighted by atomic mass is 19.1. The van der Waals surface area contributed by atoms with E-state index < -0.39 is 6.10 Å². The molecular formula is C26H35FO3. The van der Waals surface area contributed by atoms with E-state index in [-0.39, 0.29) is 17.7 Å². The molecule has 3 nitrogen and oxygen atoms in total. The number of halogens is 1. The van der Waals surface area contributed by atoms with Crippen LogP contribution in [0.2, 0.25) is 0 Å². The van der Waals surface area contributed by atoms with Gasteiger partial charge in [0.2, 0.25) is 0 Å². The zero-order valence-corrected chi connectivity index (χ0v) is 18.7. The average molecular weight is 415 g/mol. The Bertz CT molecular complexity index is 785. The smallest absolute Gasteiger partial charge is 0.309 e. The van der Waals surface area contributed by atoms with Gasteiger partial charge in [0.15, 0.2) is 0 Å². The van der Waals surface area contributed by atoms with Crippen LogP contribution in [0.1, 0.15) is 77.9 Å². The molecule has 0 heterocycles. The molecule has 0 bridgehead atoms. The SMILES string of the molecule is CCCCCCCOc1ccc(-c2ccc(C(C)OC(=O)C(C)CC)c(F)c2)cc1. The first-order valence-electron chi connectivity index (χ1n) is 11.2. The maximum absolute atomic E-state index is 14.7. The Kier molecular flexibility index (Phi) is 9.85. The Balaban J connectivity index is 1.95. The second kappa shape index (κ2) is 12.4. The van der Waals surface area contributed by atoms with E-state index in [2.05, 4.69) is 6.92 Å². The minimum absolute atomic E-state index is 0.188. The highest BCUT2D eigenvalue weighted by Crippen LogP contribution is 2.28. The molecule has 0 aromatic heterocycles. The normalized spacial score (nSPS) is 13.0. The van der Waals surface area contributed by atoms with Gasteiger partial charge in [0.05, 0.1) is 12.5 Å². The Morgan fingerprint density at radius 3 is 2.23 bits per heavy atom. The van der Waals surface area contributed by atoms with Crippen LogP contribution in [-0.4, -0.2) is 12.6 Å². The van der Waals surface area contributed by atoms with Crippen LogP contribution in [0.3, 0.4) is 0 Å². The number of esters is 1. The molecule has 0 saturated carbocycles. The molecule has 4 heteroatoms. The standard InChI is InChI=1S/C26H35FO3/c1-5-7-8-9-10-17-29-23-14-11-21(12-15-23)22-13-16-24(25(27)18-22)20(4)30-26(28)19(3)6-2/h11-16,18-20H,5-10,17H2,1-4H3. The van der Waals surface area contributed by atoms with Gasteiger partial charge in [-0.1, -0.05) is 70.7 Å². The van der Waals surface area contributed by atoms with E-state index in [0.29, 0.717) is 12.0 Å². The van der Waals surface area contributed by atoms with Gasteiger partial charge in [-0.05, 0) is 49.1 Å². The molecule has 0 spiro atoms. The summed E-state index contributed by atoms with van der Waals surface area (Å²) >= 11 is 0. The quantitative estimate of drug-likeness (QED) is 0.266. The van der Waals surface area contributed by atoms with Crippen molar-refractivity contribution >= 4 is 5.97 Å². The summed E-state index contributed by atoms with van der Waals surface area (Å²) in [6.45, 7) is 8.37. The summed E-state index contributed by atoms with van der Waals surface area (Å²) < 4.78 is 25.9. The molecule has 0 N–H and O–H groups in total. The largest absolute Gasteiger partial charge is 0.494 e. The maximum Gasteiger partial charge on any atom is 0.309 e. The third kappa shape index (κ3) is 7.16. The number of hydrogen-bond donors (Lipinski definition) is 0. The van der Waals surface area contributed by atoms with Crippen LogP contribution in [0.25, 0.3) is 11.1 Å². The second-order valence-corrected chi connectivity index (χ2v) is 7.91. The molecule has 0 fully saturated rings. The maximum atomic E-state index is 14.7. The third-order valence-corrected chi connectivity index (χ3v) is 5.45. The number of ether oxygens (including phenoxy) is 2. The molecule has 2 atom stereocenters. The predicted octanol–water partition coefficient (Wildman–Crippen LogP) is 7.49. The van der Waals surface area contributed by atoms with Crippen LogP contribution >= 0.6 is 0 Å². The molecule has 0 radical (unpaired) electrons. The van der Waals surface area contributed by atoms with Crippen LogP contribution in [-0.2, 0) is 9.53 Å². The number of hydrogen-bond acceptors (Lipinski definition) is 3. The predicted molar refractivity (Wildman–Crippen MR) is 120 cm³/mol. The Morgan fingerprint density at radius 1 is 0.933 bits per heavy atom. The molecule has 30 heavy (non-hydrogen) atoms. The van der Waals surface area contributed by atoms with Gasteiger partial charge in [-0.25, -0.2) is 4.39 Å². The Morgan fingerprint density at radius 2 is 1.60 bits per heavy atom.